The first-order valence-corrected chi connectivity index (χ1v) is 6.63. The topological polar surface area (TPSA) is 4.93 Å². The normalized spacial score (nSPS) is 11.1. The molecule has 0 N–H and O–H groups in total. The Morgan fingerprint density at radius 3 is 2.47 bits per heavy atom. The largest absolute Gasteiger partial charge is 0.347 e. The molecule has 0 radical (unpaired) electrons. The van der Waals surface area contributed by atoms with E-state index in [2.05, 4.69) is 35.9 Å². The molecule has 2 aromatic carbocycles. The van der Waals surface area contributed by atoms with Gasteiger partial charge in [-0.25, -0.2) is 4.39 Å². The highest BCUT2D eigenvalue weighted by molar-refractivity contribution is 5.96. The van der Waals surface area contributed by atoms with E-state index in [0.717, 1.165) is 18.5 Å². The number of benzene rings is 2. The molecule has 0 saturated heterocycles. The van der Waals surface area contributed by atoms with Crippen molar-refractivity contribution in [3.05, 3.63) is 60.5 Å². The lowest BCUT2D eigenvalue weighted by Gasteiger charge is -2.01. The maximum Gasteiger partial charge on any atom is 0.123 e. The van der Waals surface area contributed by atoms with Gasteiger partial charge >= 0.3 is 0 Å². The molecule has 0 amide bonds. The Morgan fingerprint density at radius 2 is 1.74 bits per heavy atom. The quantitative estimate of drug-likeness (QED) is 0.628. The highest BCUT2D eigenvalue weighted by Gasteiger charge is 2.09. The van der Waals surface area contributed by atoms with Crippen molar-refractivity contribution in [1.82, 2.24) is 4.57 Å². The number of fused-ring (bicyclic) bond motifs is 1. The third kappa shape index (κ3) is 2.14. The van der Waals surface area contributed by atoms with Crippen molar-refractivity contribution in [3.8, 4) is 11.1 Å². The van der Waals surface area contributed by atoms with E-state index in [4.69, 9.17) is 0 Å². The standard InChI is InChI=1S/C17H16FN/c1-2-11-19-12-16(13-7-9-14(18)10-8-13)15-5-3-4-6-17(15)19/h3-10,12H,2,11H2,1H3. The van der Waals surface area contributed by atoms with E-state index < -0.39 is 0 Å². The molecule has 1 nitrogen and oxygen atoms in total. The minimum absolute atomic E-state index is 0.193. The highest BCUT2D eigenvalue weighted by Crippen LogP contribution is 2.30. The number of rotatable bonds is 3. The van der Waals surface area contributed by atoms with Crippen LogP contribution in [-0.4, -0.2) is 4.57 Å². The number of aromatic nitrogens is 1. The predicted molar refractivity (Wildman–Crippen MR) is 77.6 cm³/mol. The maximum atomic E-state index is 13.0. The molecule has 0 bridgehead atoms. The van der Waals surface area contributed by atoms with Crippen molar-refractivity contribution >= 4 is 10.9 Å². The predicted octanol–water partition coefficient (Wildman–Crippen LogP) is 4.86. The molecule has 0 aliphatic carbocycles. The summed E-state index contributed by atoms with van der Waals surface area (Å²) in [6, 6.07) is 15.1. The zero-order chi connectivity index (χ0) is 13.2. The first-order valence-electron chi connectivity index (χ1n) is 6.63. The van der Waals surface area contributed by atoms with E-state index in [1.54, 1.807) is 0 Å². The summed E-state index contributed by atoms with van der Waals surface area (Å²) in [6.45, 7) is 3.17. The lowest BCUT2D eigenvalue weighted by molar-refractivity contribution is 0.628. The molecular formula is C17H16FN. The van der Waals surface area contributed by atoms with Crippen molar-refractivity contribution in [1.29, 1.82) is 0 Å². The number of halogens is 1. The summed E-state index contributed by atoms with van der Waals surface area (Å²) < 4.78 is 15.3. The van der Waals surface area contributed by atoms with E-state index in [9.17, 15) is 4.39 Å². The zero-order valence-corrected chi connectivity index (χ0v) is 10.9. The van der Waals surface area contributed by atoms with E-state index >= 15 is 0 Å². The third-order valence-corrected chi connectivity index (χ3v) is 3.41. The molecular weight excluding hydrogens is 237 g/mol. The van der Waals surface area contributed by atoms with Crippen LogP contribution in [0.3, 0.4) is 0 Å². The Bertz CT molecular complexity index is 695. The Kier molecular flexibility index (Phi) is 3.08. The molecule has 1 aromatic heterocycles. The Hall–Kier alpha value is -2.09. The zero-order valence-electron chi connectivity index (χ0n) is 10.9. The van der Waals surface area contributed by atoms with Crippen molar-refractivity contribution in [2.24, 2.45) is 0 Å². The average Bonchev–Trinajstić information content (AvgIpc) is 2.80. The van der Waals surface area contributed by atoms with E-state index in [1.807, 2.05) is 18.2 Å². The van der Waals surface area contributed by atoms with Crippen LogP contribution in [0.25, 0.3) is 22.0 Å². The van der Waals surface area contributed by atoms with Gasteiger partial charge in [0.15, 0.2) is 0 Å². The summed E-state index contributed by atoms with van der Waals surface area (Å²) in [7, 11) is 0. The molecule has 2 heteroatoms. The van der Waals surface area contributed by atoms with Crippen LogP contribution in [0.1, 0.15) is 13.3 Å². The van der Waals surface area contributed by atoms with Gasteiger partial charge in [0.1, 0.15) is 5.82 Å². The minimum Gasteiger partial charge on any atom is -0.347 e. The first-order chi connectivity index (χ1) is 9.29. The fraction of sp³-hybridized carbons (Fsp3) is 0.176. The second kappa shape index (κ2) is 4.88. The second-order valence-electron chi connectivity index (χ2n) is 4.76. The molecule has 3 aromatic rings. The summed E-state index contributed by atoms with van der Waals surface area (Å²) in [5.74, 6) is -0.193. The van der Waals surface area contributed by atoms with Gasteiger partial charge in [-0.3, -0.25) is 0 Å². The van der Waals surface area contributed by atoms with Gasteiger partial charge in [-0.15, -0.1) is 0 Å². The van der Waals surface area contributed by atoms with E-state index in [1.165, 1.54) is 28.6 Å². The van der Waals surface area contributed by atoms with Gasteiger partial charge in [-0.05, 0) is 30.2 Å². The molecule has 0 spiro atoms. The van der Waals surface area contributed by atoms with Crippen LogP contribution < -0.4 is 0 Å². The van der Waals surface area contributed by atoms with Crippen LogP contribution in [0.15, 0.2) is 54.7 Å². The van der Waals surface area contributed by atoms with Gasteiger partial charge in [0, 0.05) is 29.2 Å². The molecule has 0 fully saturated rings. The number of hydrogen-bond acceptors (Lipinski definition) is 0. The molecule has 0 atom stereocenters. The number of aryl methyl sites for hydroxylation is 1. The number of nitrogens with zero attached hydrogens (tertiary/aromatic N) is 1. The summed E-state index contributed by atoms with van der Waals surface area (Å²) in [4.78, 5) is 0. The van der Waals surface area contributed by atoms with Gasteiger partial charge in [-0.1, -0.05) is 37.3 Å². The van der Waals surface area contributed by atoms with Crippen LogP contribution in [0.5, 0.6) is 0 Å². The molecule has 0 aliphatic rings. The van der Waals surface area contributed by atoms with Crippen LogP contribution >= 0.6 is 0 Å². The third-order valence-electron chi connectivity index (χ3n) is 3.41. The minimum atomic E-state index is -0.193. The maximum absolute atomic E-state index is 13.0. The Labute approximate surface area is 112 Å². The molecule has 1 heterocycles. The van der Waals surface area contributed by atoms with Gasteiger partial charge in [-0.2, -0.15) is 0 Å². The van der Waals surface area contributed by atoms with Crippen LogP contribution in [-0.2, 0) is 6.54 Å². The van der Waals surface area contributed by atoms with Gasteiger partial charge < -0.3 is 4.57 Å². The first kappa shape index (κ1) is 12.0. The molecule has 3 rings (SSSR count). The lowest BCUT2D eigenvalue weighted by atomic mass is 10.1. The Morgan fingerprint density at radius 1 is 1.00 bits per heavy atom. The Balaban J connectivity index is 2.20. The van der Waals surface area contributed by atoms with Gasteiger partial charge in [0.25, 0.3) is 0 Å². The summed E-state index contributed by atoms with van der Waals surface area (Å²) >= 11 is 0. The van der Waals surface area contributed by atoms with E-state index in [-0.39, 0.29) is 5.82 Å². The van der Waals surface area contributed by atoms with Crippen molar-refractivity contribution < 1.29 is 4.39 Å². The van der Waals surface area contributed by atoms with Crippen LogP contribution in [0.2, 0.25) is 0 Å². The second-order valence-corrected chi connectivity index (χ2v) is 4.76. The summed E-state index contributed by atoms with van der Waals surface area (Å²) in [5.41, 5.74) is 3.47. The SMILES string of the molecule is CCCn1cc(-c2ccc(F)cc2)c2ccccc21. The molecule has 96 valence electrons. The fourth-order valence-corrected chi connectivity index (χ4v) is 2.53. The van der Waals surface area contributed by atoms with Crippen molar-refractivity contribution in [2.45, 2.75) is 19.9 Å². The molecule has 0 aliphatic heterocycles. The fourth-order valence-electron chi connectivity index (χ4n) is 2.53. The molecule has 19 heavy (non-hydrogen) atoms. The monoisotopic (exact) mass is 253 g/mol. The number of hydrogen-bond donors (Lipinski definition) is 0. The van der Waals surface area contributed by atoms with Gasteiger partial charge in [0.05, 0.1) is 0 Å². The highest BCUT2D eigenvalue weighted by atomic mass is 19.1. The lowest BCUT2D eigenvalue weighted by Crippen LogP contribution is -1.93. The van der Waals surface area contributed by atoms with Crippen LogP contribution in [0, 0.1) is 5.82 Å². The van der Waals surface area contributed by atoms with E-state index in [0.29, 0.717) is 0 Å². The number of para-hydroxylation sites is 1. The van der Waals surface area contributed by atoms with Crippen molar-refractivity contribution in [3.63, 3.8) is 0 Å². The molecule has 0 saturated carbocycles. The molecule has 0 unspecified atom stereocenters. The smallest absolute Gasteiger partial charge is 0.123 e. The van der Waals surface area contributed by atoms with Crippen molar-refractivity contribution in [2.75, 3.05) is 0 Å². The summed E-state index contributed by atoms with van der Waals surface area (Å²) in [5, 5.41) is 1.22. The van der Waals surface area contributed by atoms with Gasteiger partial charge in [0.2, 0.25) is 0 Å². The van der Waals surface area contributed by atoms with Crippen LogP contribution in [0.4, 0.5) is 4.39 Å². The summed E-state index contributed by atoms with van der Waals surface area (Å²) in [6.07, 6.45) is 3.27. The average molecular weight is 253 g/mol.